The maximum Gasteiger partial charge on any atom is 0.272 e. The summed E-state index contributed by atoms with van der Waals surface area (Å²) in [6.07, 6.45) is 0.591. The number of benzene rings is 1. The average molecular weight is 317 g/mol. The van der Waals surface area contributed by atoms with E-state index < -0.39 is 20.6 Å². The van der Waals surface area contributed by atoms with E-state index in [-0.39, 0.29) is 28.9 Å². The number of non-ortho nitro benzene ring substituents is 1. The Morgan fingerprint density at radius 2 is 2.14 bits per heavy atom. The van der Waals surface area contributed by atoms with Crippen LogP contribution in [-0.2, 0) is 9.84 Å². The molecule has 1 heterocycles. The van der Waals surface area contributed by atoms with Gasteiger partial charge >= 0.3 is 0 Å². The van der Waals surface area contributed by atoms with Crippen molar-refractivity contribution in [3.63, 3.8) is 0 Å². The largest absolute Gasteiger partial charge is 0.381 e. The predicted octanol–water partition coefficient (Wildman–Crippen LogP) is 0.922. The van der Waals surface area contributed by atoms with Gasteiger partial charge in [0.05, 0.1) is 28.2 Å². The van der Waals surface area contributed by atoms with Crippen molar-refractivity contribution in [3.8, 4) is 0 Å². The average Bonchev–Trinajstić information content (AvgIpc) is 2.75. The minimum atomic E-state index is -2.91. The number of hydrogen-bond acceptors (Lipinski definition) is 6. The molecule has 0 aromatic heterocycles. The fourth-order valence-corrected chi connectivity index (χ4v) is 3.90. The van der Waals surface area contributed by atoms with Gasteiger partial charge in [-0.05, 0) is 12.5 Å². The summed E-state index contributed by atoms with van der Waals surface area (Å²) in [6.45, 7) is 0.877. The molecule has 0 bridgehead atoms. The Balaban J connectivity index is 1.78. The van der Waals surface area contributed by atoms with Gasteiger partial charge in [-0.1, -0.05) is 0 Å². The lowest BCUT2D eigenvalue weighted by molar-refractivity contribution is -0.385. The van der Waals surface area contributed by atoms with Crippen LogP contribution in [0.25, 0.3) is 0 Å². The van der Waals surface area contributed by atoms with Gasteiger partial charge in [-0.25, -0.2) is 12.8 Å². The highest BCUT2D eigenvalue weighted by Gasteiger charge is 2.26. The maximum absolute atomic E-state index is 13.6. The summed E-state index contributed by atoms with van der Waals surface area (Å²) in [5.74, 6) is -0.346. The van der Waals surface area contributed by atoms with Crippen molar-refractivity contribution < 1.29 is 17.7 Å². The first-order valence-corrected chi connectivity index (χ1v) is 8.31. The molecule has 1 aliphatic heterocycles. The van der Waals surface area contributed by atoms with E-state index in [1.165, 1.54) is 12.1 Å². The van der Waals surface area contributed by atoms with Crippen LogP contribution in [0, 0.1) is 15.9 Å². The van der Waals surface area contributed by atoms with Crippen LogP contribution in [-0.4, -0.2) is 44.0 Å². The number of nitrogens with one attached hydrogen (secondary N) is 2. The van der Waals surface area contributed by atoms with Crippen LogP contribution in [0.2, 0.25) is 0 Å². The van der Waals surface area contributed by atoms with Gasteiger partial charge in [0, 0.05) is 25.2 Å². The van der Waals surface area contributed by atoms with Crippen molar-refractivity contribution >= 4 is 21.2 Å². The zero-order valence-corrected chi connectivity index (χ0v) is 12.0. The molecular formula is C12H16FN3O4S. The molecule has 2 rings (SSSR count). The first kappa shape index (κ1) is 15.6. The molecule has 1 aromatic carbocycles. The lowest BCUT2D eigenvalue weighted by Crippen LogP contribution is -2.33. The summed E-state index contributed by atoms with van der Waals surface area (Å²) in [4.78, 5) is 9.83. The van der Waals surface area contributed by atoms with Crippen molar-refractivity contribution in [1.29, 1.82) is 0 Å². The molecule has 1 aliphatic rings. The Labute approximate surface area is 121 Å². The first-order chi connectivity index (χ1) is 9.87. The topological polar surface area (TPSA) is 101 Å². The molecule has 0 unspecified atom stereocenters. The summed E-state index contributed by atoms with van der Waals surface area (Å²) in [6, 6.07) is 3.34. The maximum atomic E-state index is 13.6. The van der Waals surface area contributed by atoms with Gasteiger partial charge in [0.2, 0.25) is 0 Å². The Kier molecular flexibility index (Phi) is 4.73. The molecule has 9 heteroatoms. The minimum Gasteiger partial charge on any atom is -0.381 e. The number of nitro benzene ring substituents is 1. The standard InChI is InChI=1S/C12H16FN3O4S/c13-11-7-10(16(17)18)1-2-12(11)15-5-4-14-9-3-6-21(19,20)8-9/h1-2,7,9,14-15H,3-6,8H2/t9-/m0/s1. The Morgan fingerprint density at radius 3 is 2.71 bits per heavy atom. The minimum absolute atomic E-state index is 0.0569. The third kappa shape index (κ3) is 4.36. The number of hydrogen-bond donors (Lipinski definition) is 2. The van der Waals surface area contributed by atoms with Crippen molar-refractivity contribution in [3.05, 3.63) is 34.1 Å². The number of halogens is 1. The molecule has 2 N–H and O–H groups in total. The van der Waals surface area contributed by atoms with E-state index in [0.29, 0.717) is 19.5 Å². The second-order valence-electron chi connectivity index (χ2n) is 4.90. The van der Waals surface area contributed by atoms with E-state index in [2.05, 4.69) is 10.6 Å². The first-order valence-electron chi connectivity index (χ1n) is 6.49. The van der Waals surface area contributed by atoms with Crippen LogP contribution in [0.15, 0.2) is 18.2 Å². The zero-order chi connectivity index (χ0) is 15.5. The highest BCUT2D eigenvalue weighted by atomic mass is 32.2. The van der Waals surface area contributed by atoms with Gasteiger partial charge in [0.25, 0.3) is 5.69 Å². The van der Waals surface area contributed by atoms with Crippen molar-refractivity contribution in [2.45, 2.75) is 12.5 Å². The number of sulfone groups is 1. The smallest absolute Gasteiger partial charge is 0.272 e. The van der Waals surface area contributed by atoms with Crippen LogP contribution in [0.3, 0.4) is 0 Å². The number of rotatable bonds is 6. The van der Waals surface area contributed by atoms with Gasteiger partial charge in [-0.15, -0.1) is 0 Å². The molecule has 21 heavy (non-hydrogen) atoms. The second-order valence-corrected chi connectivity index (χ2v) is 7.13. The normalized spacial score (nSPS) is 20.3. The molecule has 116 valence electrons. The second kappa shape index (κ2) is 6.35. The predicted molar refractivity (Wildman–Crippen MR) is 76.6 cm³/mol. The SMILES string of the molecule is O=[N+]([O-])c1ccc(NCCN[C@H]2CCS(=O)(=O)C2)c(F)c1. The molecule has 1 aromatic rings. The van der Waals surface area contributed by atoms with Crippen molar-refractivity contribution in [1.82, 2.24) is 5.32 Å². The summed E-state index contributed by atoms with van der Waals surface area (Å²) in [5, 5.41) is 16.4. The lowest BCUT2D eigenvalue weighted by Gasteiger charge is -2.12. The van der Waals surface area contributed by atoms with E-state index in [9.17, 15) is 22.9 Å². The Bertz CT molecular complexity index is 635. The molecule has 0 aliphatic carbocycles. The molecule has 0 radical (unpaired) electrons. The quantitative estimate of drug-likeness (QED) is 0.460. The van der Waals surface area contributed by atoms with Crippen LogP contribution < -0.4 is 10.6 Å². The lowest BCUT2D eigenvalue weighted by atomic mass is 10.2. The fraction of sp³-hybridized carbons (Fsp3) is 0.500. The molecule has 7 nitrogen and oxygen atoms in total. The van der Waals surface area contributed by atoms with E-state index in [0.717, 1.165) is 6.07 Å². The monoisotopic (exact) mass is 317 g/mol. The van der Waals surface area contributed by atoms with Gasteiger partial charge in [-0.2, -0.15) is 0 Å². The Hall–Kier alpha value is -1.74. The van der Waals surface area contributed by atoms with E-state index >= 15 is 0 Å². The highest BCUT2D eigenvalue weighted by molar-refractivity contribution is 7.91. The van der Waals surface area contributed by atoms with Crippen LogP contribution >= 0.6 is 0 Å². The van der Waals surface area contributed by atoms with E-state index in [1.807, 2.05) is 0 Å². The zero-order valence-electron chi connectivity index (χ0n) is 11.2. The fourth-order valence-electron chi connectivity index (χ4n) is 2.19. The van der Waals surface area contributed by atoms with E-state index in [1.54, 1.807) is 0 Å². The van der Waals surface area contributed by atoms with Gasteiger partial charge in [-0.3, -0.25) is 10.1 Å². The summed E-state index contributed by atoms with van der Waals surface area (Å²) >= 11 is 0. The van der Waals surface area contributed by atoms with Crippen LogP contribution in [0.1, 0.15) is 6.42 Å². The van der Waals surface area contributed by atoms with Crippen LogP contribution in [0.4, 0.5) is 15.8 Å². The number of nitrogens with zero attached hydrogens (tertiary/aromatic N) is 1. The molecular weight excluding hydrogens is 301 g/mol. The van der Waals surface area contributed by atoms with Crippen molar-refractivity contribution in [2.75, 3.05) is 29.9 Å². The van der Waals surface area contributed by atoms with Crippen LogP contribution in [0.5, 0.6) is 0 Å². The van der Waals surface area contributed by atoms with Gasteiger partial charge < -0.3 is 10.6 Å². The molecule has 1 fully saturated rings. The number of nitro groups is 1. The third-order valence-corrected chi connectivity index (χ3v) is 5.04. The van der Waals surface area contributed by atoms with E-state index in [4.69, 9.17) is 0 Å². The summed E-state index contributed by atoms with van der Waals surface area (Å²) < 4.78 is 36.1. The summed E-state index contributed by atoms with van der Waals surface area (Å²) in [7, 11) is -2.91. The Morgan fingerprint density at radius 1 is 1.38 bits per heavy atom. The highest BCUT2D eigenvalue weighted by Crippen LogP contribution is 2.20. The third-order valence-electron chi connectivity index (χ3n) is 3.27. The van der Waals surface area contributed by atoms with Gasteiger partial charge in [0.15, 0.2) is 15.7 Å². The summed E-state index contributed by atoms with van der Waals surface area (Å²) in [5.41, 5.74) is -0.117. The van der Waals surface area contributed by atoms with Gasteiger partial charge in [0.1, 0.15) is 0 Å². The molecule has 1 saturated heterocycles. The molecule has 0 saturated carbocycles. The molecule has 1 atom stereocenters. The molecule has 0 amide bonds. The molecule has 0 spiro atoms. The van der Waals surface area contributed by atoms with Crippen molar-refractivity contribution in [2.24, 2.45) is 0 Å². The number of anilines is 1.